The topological polar surface area (TPSA) is 177 Å². The normalized spacial score (nSPS) is 12.3. The third-order valence-corrected chi connectivity index (χ3v) is 5.91. The molecule has 1 unspecified atom stereocenters. The maximum absolute atomic E-state index is 13.2. The SMILES string of the molecule is C=C(NC(C(C)C)n1cc(C(=O)NCc2c(C)cc(NC(=O)OC(C)(C)C)nc2C)c(C(N)=O)n1)/C(C#N)=C\CC. The second kappa shape index (κ2) is 13.6. The Morgan fingerprint density at radius 3 is 2.44 bits per heavy atom. The lowest BCUT2D eigenvalue weighted by Gasteiger charge is -2.25. The highest BCUT2D eigenvalue weighted by Crippen LogP contribution is 2.21. The predicted octanol–water partition coefficient (Wildman–Crippen LogP) is 4.39. The molecule has 5 N–H and O–H groups in total. The molecule has 2 rings (SSSR count). The maximum Gasteiger partial charge on any atom is 0.413 e. The van der Waals surface area contributed by atoms with Gasteiger partial charge in [0.25, 0.3) is 11.8 Å². The molecule has 220 valence electrons. The number of nitrogens with zero attached hydrogens (tertiary/aromatic N) is 4. The summed E-state index contributed by atoms with van der Waals surface area (Å²) in [4.78, 5) is 42.0. The molecule has 1 atom stereocenters. The minimum atomic E-state index is -0.856. The number of nitrogens with one attached hydrogen (secondary N) is 3. The zero-order valence-electron chi connectivity index (χ0n) is 25.0. The molecule has 0 spiro atoms. The van der Waals surface area contributed by atoms with E-state index < -0.39 is 29.7 Å². The lowest BCUT2D eigenvalue weighted by Crippen LogP contribution is -2.31. The lowest BCUT2D eigenvalue weighted by atomic mass is 10.1. The van der Waals surface area contributed by atoms with Crippen molar-refractivity contribution >= 4 is 23.7 Å². The molecule has 0 aromatic carbocycles. The van der Waals surface area contributed by atoms with E-state index in [4.69, 9.17) is 10.5 Å². The van der Waals surface area contributed by atoms with Gasteiger partial charge in [-0.15, -0.1) is 0 Å². The van der Waals surface area contributed by atoms with E-state index >= 15 is 0 Å². The molecule has 0 radical (unpaired) electrons. The number of primary amides is 1. The number of carbonyl (C=O) groups excluding carboxylic acids is 3. The van der Waals surface area contributed by atoms with Crippen LogP contribution >= 0.6 is 0 Å². The van der Waals surface area contributed by atoms with Gasteiger partial charge >= 0.3 is 6.09 Å². The zero-order valence-corrected chi connectivity index (χ0v) is 25.0. The van der Waals surface area contributed by atoms with Gasteiger partial charge in [-0.3, -0.25) is 14.9 Å². The van der Waals surface area contributed by atoms with Crippen LogP contribution in [0.1, 0.15) is 91.8 Å². The Labute approximate surface area is 241 Å². The van der Waals surface area contributed by atoms with Gasteiger partial charge in [0.1, 0.15) is 23.7 Å². The summed E-state index contributed by atoms with van der Waals surface area (Å²) in [6.45, 7) is 18.7. The molecular formula is C29H40N8O4. The van der Waals surface area contributed by atoms with E-state index in [0.717, 1.165) is 11.1 Å². The fourth-order valence-corrected chi connectivity index (χ4v) is 3.98. The molecule has 0 saturated carbocycles. The van der Waals surface area contributed by atoms with Crippen LogP contribution in [0.2, 0.25) is 0 Å². The molecule has 0 bridgehead atoms. The van der Waals surface area contributed by atoms with Crippen molar-refractivity contribution in [1.82, 2.24) is 25.4 Å². The first-order chi connectivity index (χ1) is 19.1. The third kappa shape index (κ3) is 8.93. The summed E-state index contributed by atoms with van der Waals surface area (Å²) in [6, 6.07) is 3.79. The summed E-state index contributed by atoms with van der Waals surface area (Å²) >= 11 is 0. The van der Waals surface area contributed by atoms with Crippen LogP contribution < -0.4 is 21.7 Å². The van der Waals surface area contributed by atoms with Crippen LogP contribution in [0.4, 0.5) is 10.6 Å². The predicted molar refractivity (Wildman–Crippen MR) is 156 cm³/mol. The fourth-order valence-electron chi connectivity index (χ4n) is 3.98. The van der Waals surface area contributed by atoms with Crippen LogP contribution in [0.3, 0.4) is 0 Å². The summed E-state index contributed by atoms with van der Waals surface area (Å²) in [5.41, 5.74) is 7.65. The van der Waals surface area contributed by atoms with Crippen LogP contribution in [-0.4, -0.2) is 38.3 Å². The number of nitrogens with two attached hydrogens (primary N) is 1. The van der Waals surface area contributed by atoms with Crippen molar-refractivity contribution in [1.29, 1.82) is 5.26 Å². The van der Waals surface area contributed by atoms with Gasteiger partial charge in [0, 0.05) is 24.1 Å². The Morgan fingerprint density at radius 2 is 1.93 bits per heavy atom. The van der Waals surface area contributed by atoms with Crippen molar-refractivity contribution < 1.29 is 19.1 Å². The number of rotatable bonds is 11. The van der Waals surface area contributed by atoms with Crippen LogP contribution in [-0.2, 0) is 11.3 Å². The number of ether oxygens (including phenoxy) is 1. The van der Waals surface area contributed by atoms with E-state index in [1.165, 1.54) is 10.9 Å². The van der Waals surface area contributed by atoms with E-state index in [1.54, 1.807) is 39.8 Å². The number of pyridine rings is 1. The number of hydrogen-bond donors (Lipinski definition) is 4. The highest BCUT2D eigenvalue weighted by molar-refractivity contribution is 6.05. The average molecular weight is 565 g/mol. The number of hydrogen-bond acceptors (Lipinski definition) is 8. The molecule has 12 heteroatoms. The standard InChI is InChI=1S/C29H40N8O4/c1-10-11-20(13-30)18(5)34-26(16(2)3)37-15-22(24(36-37)25(31)38)27(39)32-14-21-17(4)12-23(33-19(21)6)35-28(40)41-29(7,8)9/h11-12,15-16,26,34H,5,10,14H2,1-4,6-9H3,(H2,31,38)(H,32,39)(H,33,35,40)/b20-11-. The lowest BCUT2D eigenvalue weighted by molar-refractivity contribution is 0.0635. The highest BCUT2D eigenvalue weighted by Gasteiger charge is 2.26. The third-order valence-electron chi connectivity index (χ3n) is 5.91. The first-order valence-corrected chi connectivity index (χ1v) is 13.3. The second-order valence-electron chi connectivity index (χ2n) is 10.9. The van der Waals surface area contributed by atoms with E-state index in [9.17, 15) is 19.6 Å². The molecule has 0 saturated heterocycles. The molecule has 12 nitrogen and oxygen atoms in total. The molecule has 41 heavy (non-hydrogen) atoms. The van der Waals surface area contributed by atoms with E-state index in [-0.39, 0.29) is 23.7 Å². The number of aromatic nitrogens is 3. The Morgan fingerprint density at radius 1 is 1.27 bits per heavy atom. The van der Waals surface area contributed by atoms with Crippen molar-refractivity contribution in [3.63, 3.8) is 0 Å². The van der Waals surface area contributed by atoms with Crippen LogP contribution in [0.15, 0.2) is 36.2 Å². The van der Waals surface area contributed by atoms with Crippen molar-refractivity contribution in [2.45, 2.75) is 80.1 Å². The highest BCUT2D eigenvalue weighted by atomic mass is 16.6. The quantitative estimate of drug-likeness (QED) is 0.229. The number of allylic oxidation sites excluding steroid dienone is 2. The monoisotopic (exact) mass is 564 g/mol. The zero-order chi connectivity index (χ0) is 31.1. The Bertz CT molecular complexity index is 1370. The molecule has 3 amide bonds. The van der Waals surface area contributed by atoms with Crippen LogP contribution in [0.25, 0.3) is 0 Å². The fraction of sp³-hybridized carbons (Fsp3) is 0.448. The van der Waals surface area contributed by atoms with Gasteiger partial charge in [-0.2, -0.15) is 10.4 Å². The van der Waals surface area contributed by atoms with Gasteiger partial charge in [-0.1, -0.05) is 33.4 Å². The van der Waals surface area contributed by atoms with Crippen molar-refractivity contribution in [3.8, 4) is 6.07 Å². The molecule has 2 aromatic heterocycles. The van der Waals surface area contributed by atoms with Gasteiger partial charge in [-0.25, -0.2) is 14.5 Å². The minimum absolute atomic E-state index is 0.00615. The van der Waals surface area contributed by atoms with Crippen LogP contribution in [0.5, 0.6) is 0 Å². The number of anilines is 1. The summed E-state index contributed by atoms with van der Waals surface area (Å²) < 4.78 is 6.72. The van der Waals surface area contributed by atoms with Gasteiger partial charge < -0.3 is 21.1 Å². The first-order valence-electron chi connectivity index (χ1n) is 13.3. The second-order valence-corrected chi connectivity index (χ2v) is 10.9. The van der Waals surface area contributed by atoms with E-state index in [0.29, 0.717) is 29.2 Å². The smallest absolute Gasteiger partial charge is 0.413 e. The summed E-state index contributed by atoms with van der Waals surface area (Å²) in [7, 11) is 0. The molecule has 0 aliphatic rings. The van der Waals surface area contributed by atoms with Gasteiger partial charge in [0.15, 0.2) is 5.69 Å². The first kappa shape index (κ1) is 32.6. The molecule has 2 heterocycles. The molecule has 0 aliphatic heterocycles. The largest absolute Gasteiger partial charge is 0.444 e. The number of aryl methyl sites for hydroxylation is 2. The Kier molecular flexibility index (Phi) is 10.8. The van der Waals surface area contributed by atoms with E-state index in [2.05, 4.69) is 38.7 Å². The summed E-state index contributed by atoms with van der Waals surface area (Å²) in [5, 5.41) is 22.3. The molecule has 2 aromatic rings. The molecule has 0 aliphatic carbocycles. The summed E-state index contributed by atoms with van der Waals surface area (Å²) in [5.74, 6) is -1.15. The molecule has 0 fully saturated rings. The van der Waals surface area contributed by atoms with Crippen molar-refractivity contribution in [2.24, 2.45) is 11.7 Å². The van der Waals surface area contributed by atoms with Crippen molar-refractivity contribution in [3.05, 3.63) is 64.3 Å². The average Bonchev–Trinajstić information content (AvgIpc) is 3.29. The number of carbonyl (C=O) groups is 3. The van der Waals surface area contributed by atoms with Gasteiger partial charge in [0.05, 0.1) is 11.1 Å². The number of nitriles is 1. The van der Waals surface area contributed by atoms with Crippen LogP contribution in [0, 0.1) is 31.1 Å². The van der Waals surface area contributed by atoms with E-state index in [1.807, 2.05) is 27.7 Å². The van der Waals surface area contributed by atoms with Crippen molar-refractivity contribution in [2.75, 3.05) is 5.32 Å². The maximum atomic E-state index is 13.2. The Hall–Kier alpha value is -4.66. The minimum Gasteiger partial charge on any atom is -0.444 e. The van der Waals surface area contributed by atoms with Gasteiger partial charge in [-0.05, 0) is 64.2 Å². The Balaban J connectivity index is 2.27. The number of amides is 3. The summed E-state index contributed by atoms with van der Waals surface area (Å²) in [6.07, 6.45) is 2.72. The molecular weight excluding hydrogens is 524 g/mol. The van der Waals surface area contributed by atoms with Gasteiger partial charge in [0.2, 0.25) is 0 Å².